The fourth-order valence-corrected chi connectivity index (χ4v) is 3.85. The topological polar surface area (TPSA) is 38.3 Å². The van der Waals surface area contributed by atoms with Crippen molar-refractivity contribution in [2.45, 2.75) is 12.5 Å². The third-order valence-corrected chi connectivity index (χ3v) is 5.23. The summed E-state index contributed by atoms with van der Waals surface area (Å²) in [6.07, 6.45) is 0.780. The molecule has 104 valence electrons. The van der Waals surface area contributed by atoms with Gasteiger partial charge < -0.3 is 10.1 Å². The molecule has 0 saturated carbocycles. The lowest BCUT2D eigenvalue weighted by Gasteiger charge is -2.26. The Labute approximate surface area is 137 Å². The van der Waals surface area contributed by atoms with Gasteiger partial charge in [0.25, 0.3) is 5.91 Å². The van der Waals surface area contributed by atoms with E-state index in [9.17, 15) is 4.79 Å². The van der Waals surface area contributed by atoms with Crippen LogP contribution in [0.3, 0.4) is 0 Å². The van der Waals surface area contributed by atoms with E-state index in [1.807, 2.05) is 30.3 Å². The van der Waals surface area contributed by atoms with Crippen LogP contribution >= 0.6 is 43.2 Å². The summed E-state index contributed by atoms with van der Waals surface area (Å²) in [6, 6.07) is 9.58. The van der Waals surface area contributed by atoms with E-state index in [0.29, 0.717) is 11.5 Å². The molecular weight excluding hydrogens is 406 g/mol. The van der Waals surface area contributed by atoms with Crippen molar-refractivity contribution in [3.63, 3.8) is 0 Å². The van der Waals surface area contributed by atoms with E-state index < -0.39 is 0 Å². The second-order valence-electron chi connectivity index (χ2n) is 4.45. The van der Waals surface area contributed by atoms with Gasteiger partial charge in [0.05, 0.1) is 21.3 Å². The lowest BCUT2D eigenvalue weighted by Crippen LogP contribution is -2.31. The fraction of sp³-hybridized carbons (Fsp3) is 0.214. The van der Waals surface area contributed by atoms with Gasteiger partial charge in [-0.25, -0.2) is 0 Å². The summed E-state index contributed by atoms with van der Waals surface area (Å²) >= 11 is 8.27. The summed E-state index contributed by atoms with van der Waals surface area (Å²) in [7, 11) is 0. The van der Waals surface area contributed by atoms with Crippen LogP contribution in [0.2, 0.25) is 0 Å². The van der Waals surface area contributed by atoms with Gasteiger partial charge >= 0.3 is 0 Å². The predicted octanol–water partition coefficient (Wildman–Crippen LogP) is 4.53. The van der Waals surface area contributed by atoms with Gasteiger partial charge in [-0.2, -0.15) is 0 Å². The second kappa shape index (κ2) is 5.87. The van der Waals surface area contributed by atoms with Gasteiger partial charge in [-0.15, -0.1) is 11.3 Å². The lowest BCUT2D eigenvalue weighted by atomic mass is 10.0. The second-order valence-corrected chi connectivity index (χ2v) is 7.83. The van der Waals surface area contributed by atoms with Gasteiger partial charge in [0.1, 0.15) is 5.75 Å². The van der Waals surface area contributed by atoms with Crippen LogP contribution in [0.25, 0.3) is 0 Å². The summed E-state index contributed by atoms with van der Waals surface area (Å²) in [5, 5.41) is 3.08. The van der Waals surface area contributed by atoms with Crippen molar-refractivity contribution in [2.24, 2.45) is 0 Å². The Hall–Kier alpha value is -0.850. The maximum Gasteiger partial charge on any atom is 0.261 e. The first kappa shape index (κ1) is 14.1. The van der Waals surface area contributed by atoms with Gasteiger partial charge in [-0.1, -0.05) is 15.9 Å². The van der Waals surface area contributed by atoms with Crippen molar-refractivity contribution in [3.8, 4) is 5.75 Å². The van der Waals surface area contributed by atoms with Gasteiger partial charge in [-0.05, 0) is 46.3 Å². The molecule has 1 aromatic heterocycles. The molecule has 1 aliphatic heterocycles. The average Bonchev–Trinajstić information content (AvgIpc) is 2.86. The van der Waals surface area contributed by atoms with E-state index in [1.165, 1.54) is 11.3 Å². The molecule has 1 unspecified atom stereocenters. The molecule has 20 heavy (non-hydrogen) atoms. The molecule has 0 spiro atoms. The quantitative estimate of drug-likeness (QED) is 0.781. The summed E-state index contributed by atoms with van der Waals surface area (Å²) < 4.78 is 7.57. The van der Waals surface area contributed by atoms with E-state index in [0.717, 1.165) is 26.0 Å². The molecule has 0 saturated heterocycles. The highest BCUT2D eigenvalue weighted by Gasteiger charge is 2.24. The minimum absolute atomic E-state index is 0.00961. The normalized spacial score (nSPS) is 17.2. The van der Waals surface area contributed by atoms with Gasteiger partial charge in [0.2, 0.25) is 0 Å². The van der Waals surface area contributed by atoms with Crippen molar-refractivity contribution in [2.75, 3.05) is 6.61 Å². The van der Waals surface area contributed by atoms with E-state index >= 15 is 0 Å². The maximum atomic E-state index is 12.2. The van der Waals surface area contributed by atoms with Crippen molar-refractivity contribution in [1.82, 2.24) is 5.32 Å². The Balaban J connectivity index is 1.82. The fourth-order valence-electron chi connectivity index (χ4n) is 2.18. The maximum absolute atomic E-state index is 12.2. The lowest BCUT2D eigenvalue weighted by molar-refractivity contribution is 0.0929. The molecule has 3 nitrogen and oxygen atoms in total. The summed E-state index contributed by atoms with van der Waals surface area (Å²) in [5.74, 6) is 0.802. The van der Waals surface area contributed by atoms with E-state index in [-0.39, 0.29) is 11.9 Å². The SMILES string of the molecule is O=C(NC1CCOc2ccc(Br)cc21)c1ccc(Br)s1. The van der Waals surface area contributed by atoms with E-state index in [4.69, 9.17) is 4.74 Å². The summed E-state index contributed by atoms with van der Waals surface area (Å²) in [4.78, 5) is 13.0. The largest absolute Gasteiger partial charge is 0.493 e. The van der Waals surface area contributed by atoms with Crippen molar-refractivity contribution < 1.29 is 9.53 Å². The monoisotopic (exact) mass is 415 g/mol. The molecule has 1 aliphatic rings. The number of hydrogen-bond acceptors (Lipinski definition) is 3. The molecule has 2 aromatic rings. The Morgan fingerprint density at radius 2 is 2.15 bits per heavy atom. The molecule has 0 fully saturated rings. The molecule has 1 aromatic carbocycles. The summed E-state index contributed by atoms with van der Waals surface area (Å²) in [6.45, 7) is 0.619. The predicted molar refractivity (Wildman–Crippen MR) is 86.5 cm³/mol. The first-order valence-electron chi connectivity index (χ1n) is 6.12. The molecular formula is C14H11Br2NO2S. The minimum Gasteiger partial charge on any atom is -0.493 e. The number of ether oxygens (including phenoxy) is 1. The summed E-state index contributed by atoms with van der Waals surface area (Å²) in [5.41, 5.74) is 1.02. The van der Waals surface area contributed by atoms with Crippen LogP contribution < -0.4 is 10.1 Å². The number of carbonyl (C=O) groups is 1. The zero-order valence-electron chi connectivity index (χ0n) is 10.4. The Morgan fingerprint density at radius 1 is 1.30 bits per heavy atom. The highest BCUT2D eigenvalue weighted by molar-refractivity contribution is 9.11. The van der Waals surface area contributed by atoms with Crippen molar-refractivity contribution in [1.29, 1.82) is 0 Å². The number of amides is 1. The molecule has 3 rings (SSSR count). The number of halogens is 2. The third kappa shape index (κ3) is 2.92. The molecule has 1 amide bonds. The highest BCUT2D eigenvalue weighted by Crippen LogP contribution is 2.34. The zero-order chi connectivity index (χ0) is 14.1. The number of carbonyl (C=O) groups excluding carboxylic acids is 1. The van der Waals surface area contributed by atoms with Crippen LogP contribution in [0.1, 0.15) is 27.7 Å². The van der Waals surface area contributed by atoms with E-state index in [1.54, 1.807) is 0 Å². The Morgan fingerprint density at radius 3 is 2.90 bits per heavy atom. The van der Waals surface area contributed by atoms with Crippen LogP contribution in [0.15, 0.2) is 38.6 Å². The standard InChI is InChI=1S/C14H11Br2NO2S/c15-8-1-2-11-9(7-8)10(5-6-19-11)17-14(18)12-3-4-13(16)20-12/h1-4,7,10H,5-6H2,(H,17,18). The Kier molecular flexibility index (Phi) is 4.14. The van der Waals surface area contributed by atoms with Crippen LogP contribution in [-0.2, 0) is 0 Å². The number of hydrogen-bond donors (Lipinski definition) is 1. The molecule has 0 bridgehead atoms. The van der Waals surface area contributed by atoms with Crippen LogP contribution in [0, 0.1) is 0 Å². The number of rotatable bonds is 2. The first-order chi connectivity index (χ1) is 9.63. The van der Waals surface area contributed by atoms with Crippen molar-refractivity contribution in [3.05, 3.63) is 49.0 Å². The van der Waals surface area contributed by atoms with Gasteiger partial charge in [0.15, 0.2) is 0 Å². The molecule has 0 aliphatic carbocycles. The molecule has 1 atom stereocenters. The number of fused-ring (bicyclic) bond motifs is 1. The molecule has 1 N–H and O–H groups in total. The van der Waals surface area contributed by atoms with Crippen LogP contribution in [0.4, 0.5) is 0 Å². The number of benzene rings is 1. The number of nitrogens with one attached hydrogen (secondary N) is 1. The van der Waals surface area contributed by atoms with Crippen LogP contribution in [-0.4, -0.2) is 12.5 Å². The first-order valence-corrected chi connectivity index (χ1v) is 8.52. The van der Waals surface area contributed by atoms with E-state index in [2.05, 4.69) is 37.2 Å². The average molecular weight is 417 g/mol. The van der Waals surface area contributed by atoms with Gasteiger partial charge in [0, 0.05) is 16.5 Å². The molecule has 2 heterocycles. The highest BCUT2D eigenvalue weighted by atomic mass is 79.9. The zero-order valence-corrected chi connectivity index (χ0v) is 14.3. The third-order valence-electron chi connectivity index (χ3n) is 3.11. The van der Waals surface area contributed by atoms with Crippen molar-refractivity contribution >= 4 is 49.1 Å². The molecule has 6 heteroatoms. The Bertz CT molecular complexity index is 656. The number of thiophene rings is 1. The smallest absolute Gasteiger partial charge is 0.261 e. The molecule has 0 radical (unpaired) electrons. The van der Waals surface area contributed by atoms with Crippen LogP contribution in [0.5, 0.6) is 5.75 Å². The van der Waals surface area contributed by atoms with Gasteiger partial charge in [-0.3, -0.25) is 4.79 Å². The minimum atomic E-state index is -0.0430.